The van der Waals surface area contributed by atoms with Gasteiger partial charge in [0.2, 0.25) is 0 Å². The zero-order chi connectivity index (χ0) is 11.5. The average molecular weight is 209 g/mol. The van der Waals surface area contributed by atoms with E-state index in [0.717, 1.165) is 11.1 Å². The molecule has 0 radical (unpaired) electrons. The molecule has 1 aromatic rings. The fourth-order valence-electron chi connectivity index (χ4n) is 1.58. The Morgan fingerprint density at radius 3 is 2.67 bits per heavy atom. The van der Waals surface area contributed by atoms with Gasteiger partial charge in [-0.1, -0.05) is 6.07 Å². The van der Waals surface area contributed by atoms with Gasteiger partial charge in [0, 0.05) is 24.6 Å². The van der Waals surface area contributed by atoms with E-state index in [1.54, 1.807) is 12.4 Å². The molecule has 0 saturated heterocycles. The smallest absolute Gasteiger partial charge is 0.109 e. The van der Waals surface area contributed by atoms with Crippen LogP contribution in [0.4, 0.5) is 0 Å². The second-order valence-corrected chi connectivity index (χ2v) is 4.23. The molecule has 15 heavy (non-hydrogen) atoms. The van der Waals surface area contributed by atoms with Gasteiger partial charge >= 0.3 is 0 Å². The van der Waals surface area contributed by atoms with Gasteiger partial charge in [0.05, 0.1) is 5.60 Å². The molecule has 1 unspecified atom stereocenters. The lowest BCUT2D eigenvalue weighted by Gasteiger charge is -2.30. The molecule has 3 heteroatoms. The number of nitrogens with zero attached hydrogens (tertiary/aromatic N) is 1. The number of hydrogen-bond donors (Lipinski definition) is 1. The Hall–Kier alpha value is -0.930. The summed E-state index contributed by atoms with van der Waals surface area (Å²) in [6.07, 6.45) is 2.80. The van der Waals surface area contributed by atoms with E-state index >= 15 is 0 Å². The molecule has 0 aliphatic rings. The number of ether oxygens (including phenoxy) is 1. The van der Waals surface area contributed by atoms with E-state index in [0.29, 0.717) is 6.61 Å². The van der Waals surface area contributed by atoms with Crippen LogP contribution in [0.1, 0.15) is 38.0 Å². The van der Waals surface area contributed by atoms with Crippen LogP contribution in [0.2, 0.25) is 0 Å². The minimum Gasteiger partial charge on any atom is -0.385 e. The first-order valence-corrected chi connectivity index (χ1v) is 5.21. The fourth-order valence-corrected chi connectivity index (χ4v) is 1.58. The van der Waals surface area contributed by atoms with Crippen molar-refractivity contribution in [3.8, 4) is 0 Å². The number of pyridine rings is 1. The van der Waals surface area contributed by atoms with E-state index in [2.05, 4.69) is 4.98 Å². The van der Waals surface area contributed by atoms with Crippen LogP contribution in [0.25, 0.3) is 0 Å². The number of aryl methyl sites for hydroxylation is 1. The number of rotatable bonds is 4. The SMILES string of the molecule is CCOC(C)(C)C(O)c1cncc(C)c1. The molecule has 0 aromatic carbocycles. The van der Waals surface area contributed by atoms with Crippen LogP contribution in [0.5, 0.6) is 0 Å². The Bertz CT molecular complexity index is 323. The number of hydrogen-bond acceptors (Lipinski definition) is 3. The van der Waals surface area contributed by atoms with Crippen LogP contribution < -0.4 is 0 Å². The Morgan fingerprint density at radius 1 is 1.47 bits per heavy atom. The van der Waals surface area contributed by atoms with E-state index in [4.69, 9.17) is 4.74 Å². The molecule has 1 heterocycles. The summed E-state index contributed by atoms with van der Waals surface area (Å²) in [6.45, 7) is 8.22. The van der Waals surface area contributed by atoms with Crippen molar-refractivity contribution in [2.24, 2.45) is 0 Å². The van der Waals surface area contributed by atoms with Crippen LogP contribution >= 0.6 is 0 Å². The average Bonchev–Trinajstić information content (AvgIpc) is 2.16. The minimum absolute atomic E-state index is 0.579. The van der Waals surface area contributed by atoms with E-state index in [1.807, 2.05) is 33.8 Å². The molecule has 1 rings (SSSR count). The fraction of sp³-hybridized carbons (Fsp3) is 0.583. The number of aliphatic hydroxyl groups excluding tert-OH is 1. The maximum Gasteiger partial charge on any atom is 0.109 e. The minimum atomic E-state index is -0.648. The molecule has 0 spiro atoms. The lowest BCUT2D eigenvalue weighted by Crippen LogP contribution is -2.32. The molecule has 0 aliphatic carbocycles. The molecule has 0 bridgehead atoms. The largest absolute Gasteiger partial charge is 0.385 e. The summed E-state index contributed by atoms with van der Waals surface area (Å²) < 4.78 is 5.51. The first-order chi connectivity index (χ1) is 6.97. The molecule has 0 fully saturated rings. The third kappa shape index (κ3) is 3.01. The molecule has 3 nitrogen and oxygen atoms in total. The third-order valence-corrected chi connectivity index (χ3v) is 2.39. The van der Waals surface area contributed by atoms with Gasteiger partial charge in [0.1, 0.15) is 6.10 Å². The lowest BCUT2D eigenvalue weighted by atomic mass is 9.95. The predicted molar refractivity (Wildman–Crippen MR) is 59.6 cm³/mol. The van der Waals surface area contributed by atoms with Crippen molar-refractivity contribution < 1.29 is 9.84 Å². The summed E-state index contributed by atoms with van der Waals surface area (Å²) in [5, 5.41) is 10.1. The van der Waals surface area contributed by atoms with E-state index in [1.165, 1.54) is 0 Å². The molecular weight excluding hydrogens is 190 g/mol. The Kier molecular flexibility index (Phi) is 3.83. The van der Waals surface area contributed by atoms with Crippen molar-refractivity contribution in [1.29, 1.82) is 0 Å². The topological polar surface area (TPSA) is 42.4 Å². The number of aromatic nitrogens is 1. The van der Waals surface area contributed by atoms with E-state index in [9.17, 15) is 5.11 Å². The summed E-state index contributed by atoms with van der Waals surface area (Å²) in [5.74, 6) is 0. The van der Waals surface area contributed by atoms with Crippen molar-refractivity contribution in [1.82, 2.24) is 4.98 Å². The first-order valence-electron chi connectivity index (χ1n) is 5.21. The molecule has 0 saturated carbocycles. The molecular formula is C12H19NO2. The van der Waals surface area contributed by atoms with Gasteiger partial charge < -0.3 is 9.84 Å². The highest BCUT2D eigenvalue weighted by atomic mass is 16.5. The number of aliphatic hydroxyl groups is 1. The maximum absolute atomic E-state index is 10.1. The zero-order valence-corrected chi connectivity index (χ0v) is 9.82. The maximum atomic E-state index is 10.1. The quantitative estimate of drug-likeness (QED) is 0.827. The Labute approximate surface area is 91.1 Å². The lowest BCUT2D eigenvalue weighted by molar-refractivity contribution is -0.0984. The van der Waals surface area contributed by atoms with Gasteiger partial charge in [-0.05, 0) is 33.3 Å². The Morgan fingerprint density at radius 2 is 2.13 bits per heavy atom. The second kappa shape index (κ2) is 4.73. The summed E-state index contributed by atoms with van der Waals surface area (Å²) in [4.78, 5) is 4.06. The van der Waals surface area contributed by atoms with Crippen molar-refractivity contribution in [3.05, 3.63) is 29.6 Å². The second-order valence-electron chi connectivity index (χ2n) is 4.23. The Balaban J connectivity index is 2.88. The van der Waals surface area contributed by atoms with Crippen molar-refractivity contribution in [2.75, 3.05) is 6.61 Å². The predicted octanol–water partition coefficient (Wildman–Crippen LogP) is 2.24. The van der Waals surface area contributed by atoms with E-state index < -0.39 is 11.7 Å². The van der Waals surface area contributed by atoms with Gasteiger partial charge in [0.25, 0.3) is 0 Å². The van der Waals surface area contributed by atoms with Gasteiger partial charge in [-0.15, -0.1) is 0 Å². The highest BCUT2D eigenvalue weighted by Crippen LogP contribution is 2.28. The molecule has 1 aromatic heterocycles. The highest BCUT2D eigenvalue weighted by Gasteiger charge is 2.29. The zero-order valence-electron chi connectivity index (χ0n) is 9.82. The molecule has 1 N–H and O–H groups in total. The van der Waals surface area contributed by atoms with Crippen LogP contribution in [0.15, 0.2) is 18.5 Å². The summed E-state index contributed by atoms with van der Waals surface area (Å²) >= 11 is 0. The van der Waals surface area contributed by atoms with Gasteiger partial charge in [-0.2, -0.15) is 0 Å². The molecule has 84 valence electrons. The van der Waals surface area contributed by atoms with Gasteiger partial charge in [-0.25, -0.2) is 0 Å². The van der Waals surface area contributed by atoms with Crippen LogP contribution in [0.3, 0.4) is 0 Å². The van der Waals surface area contributed by atoms with Crippen molar-refractivity contribution in [3.63, 3.8) is 0 Å². The molecule has 0 aliphatic heterocycles. The standard InChI is InChI=1S/C12H19NO2/c1-5-15-12(3,4)11(14)10-6-9(2)7-13-8-10/h6-8,11,14H,5H2,1-4H3. The molecule has 1 atom stereocenters. The molecule has 0 amide bonds. The highest BCUT2D eigenvalue weighted by molar-refractivity contribution is 5.20. The monoisotopic (exact) mass is 209 g/mol. The summed E-state index contributed by atoms with van der Waals surface area (Å²) in [5.41, 5.74) is 1.26. The van der Waals surface area contributed by atoms with Gasteiger partial charge in [0.15, 0.2) is 0 Å². The van der Waals surface area contributed by atoms with Crippen LogP contribution in [0, 0.1) is 6.92 Å². The summed E-state index contributed by atoms with van der Waals surface area (Å²) in [7, 11) is 0. The van der Waals surface area contributed by atoms with Crippen LogP contribution in [-0.2, 0) is 4.74 Å². The van der Waals surface area contributed by atoms with E-state index in [-0.39, 0.29) is 0 Å². The van der Waals surface area contributed by atoms with Crippen molar-refractivity contribution in [2.45, 2.75) is 39.4 Å². The first kappa shape index (κ1) is 12.1. The van der Waals surface area contributed by atoms with Crippen molar-refractivity contribution >= 4 is 0 Å². The van der Waals surface area contributed by atoms with Gasteiger partial charge in [-0.3, -0.25) is 4.98 Å². The van der Waals surface area contributed by atoms with Crippen LogP contribution in [-0.4, -0.2) is 22.3 Å². The normalized spacial score (nSPS) is 13.9. The summed E-state index contributed by atoms with van der Waals surface area (Å²) in [6, 6.07) is 1.93. The third-order valence-electron chi connectivity index (χ3n) is 2.39.